The minimum atomic E-state index is -0.326. The van der Waals surface area contributed by atoms with E-state index in [-0.39, 0.29) is 11.7 Å². The summed E-state index contributed by atoms with van der Waals surface area (Å²) < 4.78 is 15.5. The van der Waals surface area contributed by atoms with Crippen molar-refractivity contribution in [1.82, 2.24) is 9.78 Å². The normalized spacial score (nSPS) is 14.3. The first kappa shape index (κ1) is 15.5. The van der Waals surface area contributed by atoms with Crippen LogP contribution in [0, 0.1) is 12.7 Å². The fraction of sp³-hybridized carbons (Fsp3) is 0.412. The van der Waals surface area contributed by atoms with Gasteiger partial charge in [-0.2, -0.15) is 5.10 Å². The summed E-state index contributed by atoms with van der Waals surface area (Å²) in [6.07, 6.45) is 6.20. The fourth-order valence-corrected chi connectivity index (χ4v) is 2.83. The molecule has 0 bridgehead atoms. The maximum absolute atomic E-state index is 13.8. The van der Waals surface area contributed by atoms with Crippen molar-refractivity contribution in [2.75, 3.05) is 23.3 Å². The van der Waals surface area contributed by atoms with E-state index < -0.39 is 0 Å². The van der Waals surface area contributed by atoms with Crippen molar-refractivity contribution in [3.63, 3.8) is 0 Å². The van der Waals surface area contributed by atoms with Crippen LogP contribution in [0.5, 0.6) is 0 Å². The lowest BCUT2D eigenvalue weighted by molar-refractivity contribution is -0.116. The van der Waals surface area contributed by atoms with Gasteiger partial charge in [-0.3, -0.25) is 9.48 Å². The third-order valence-corrected chi connectivity index (χ3v) is 3.97. The van der Waals surface area contributed by atoms with Gasteiger partial charge in [0.1, 0.15) is 5.82 Å². The Hall–Kier alpha value is -2.37. The highest BCUT2D eigenvalue weighted by Crippen LogP contribution is 2.25. The van der Waals surface area contributed by atoms with Gasteiger partial charge in [0.15, 0.2) is 0 Å². The van der Waals surface area contributed by atoms with E-state index in [4.69, 9.17) is 0 Å². The molecule has 1 aliphatic heterocycles. The Morgan fingerprint density at radius 2 is 2.09 bits per heavy atom. The molecule has 23 heavy (non-hydrogen) atoms. The summed E-state index contributed by atoms with van der Waals surface area (Å²) in [6.45, 7) is 4.34. The summed E-state index contributed by atoms with van der Waals surface area (Å²) in [6, 6.07) is 4.72. The standard InChI is InChI=1S/C17H21FN4O/c1-13-11-19-22(12-13)7-4-17(23)20-15-8-14(18)9-16(10-15)21-5-2-3-6-21/h8-12H,2-7H2,1H3,(H,20,23). The SMILES string of the molecule is Cc1cnn(CCC(=O)Nc2cc(F)cc(N3CCCC3)c2)c1. The number of carbonyl (C=O) groups is 1. The Kier molecular flexibility index (Phi) is 4.60. The van der Waals surface area contributed by atoms with Crippen molar-refractivity contribution >= 4 is 17.3 Å². The highest BCUT2D eigenvalue weighted by Gasteiger charge is 2.14. The van der Waals surface area contributed by atoms with Crippen LogP contribution in [-0.2, 0) is 11.3 Å². The molecular formula is C17H21FN4O. The predicted molar refractivity (Wildman–Crippen MR) is 88.1 cm³/mol. The number of benzene rings is 1. The Bertz CT molecular complexity index is 692. The zero-order valence-electron chi connectivity index (χ0n) is 13.3. The fourth-order valence-electron chi connectivity index (χ4n) is 2.83. The molecule has 0 aliphatic carbocycles. The molecule has 1 N–H and O–H groups in total. The maximum Gasteiger partial charge on any atom is 0.226 e. The van der Waals surface area contributed by atoms with Crippen molar-refractivity contribution in [3.8, 4) is 0 Å². The number of nitrogens with zero attached hydrogens (tertiary/aromatic N) is 3. The average molecular weight is 316 g/mol. The number of anilines is 2. The van der Waals surface area contributed by atoms with Crippen LogP contribution in [0.2, 0.25) is 0 Å². The molecule has 2 aromatic rings. The molecule has 3 rings (SSSR count). The molecule has 0 atom stereocenters. The van der Waals surface area contributed by atoms with E-state index in [1.807, 2.05) is 19.2 Å². The van der Waals surface area contributed by atoms with Gasteiger partial charge < -0.3 is 10.2 Å². The molecule has 1 saturated heterocycles. The van der Waals surface area contributed by atoms with E-state index in [0.717, 1.165) is 37.2 Å². The molecule has 0 unspecified atom stereocenters. The van der Waals surface area contributed by atoms with E-state index in [9.17, 15) is 9.18 Å². The Labute approximate surface area is 135 Å². The predicted octanol–water partition coefficient (Wildman–Crippen LogP) is 2.96. The average Bonchev–Trinajstić information content (AvgIpc) is 3.16. The molecule has 0 spiro atoms. The van der Waals surface area contributed by atoms with Crippen LogP contribution in [0.1, 0.15) is 24.8 Å². The molecule has 122 valence electrons. The molecule has 0 radical (unpaired) electrons. The smallest absolute Gasteiger partial charge is 0.226 e. The number of aryl methyl sites for hydroxylation is 2. The number of amides is 1. The minimum absolute atomic E-state index is 0.142. The first-order valence-corrected chi connectivity index (χ1v) is 7.94. The second-order valence-corrected chi connectivity index (χ2v) is 5.97. The number of hydrogen-bond donors (Lipinski definition) is 1. The van der Waals surface area contributed by atoms with Gasteiger partial charge in [-0.25, -0.2) is 4.39 Å². The summed E-state index contributed by atoms with van der Waals surface area (Å²) in [5, 5.41) is 6.92. The van der Waals surface area contributed by atoms with Crippen LogP contribution < -0.4 is 10.2 Å². The second-order valence-electron chi connectivity index (χ2n) is 5.97. The molecule has 1 aromatic heterocycles. The van der Waals surface area contributed by atoms with Crippen LogP contribution in [0.15, 0.2) is 30.6 Å². The van der Waals surface area contributed by atoms with Crippen LogP contribution in [0.4, 0.5) is 15.8 Å². The molecule has 1 amide bonds. The minimum Gasteiger partial charge on any atom is -0.371 e. The number of carbonyl (C=O) groups excluding carboxylic acids is 1. The third kappa shape index (κ3) is 4.09. The van der Waals surface area contributed by atoms with E-state index in [2.05, 4.69) is 15.3 Å². The molecule has 0 saturated carbocycles. The molecule has 1 aromatic carbocycles. The van der Waals surface area contributed by atoms with Gasteiger partial charge in [0.2, 0.25) is 5.91 Å². The summed E-state index contributed by atoms with van der Waals surface area (Å²) in [5.74, 6) is -0.469. The lowest BCUT2D eigenvalue weighted by Gasteiger charge is -2.18. The second kappa shape index (κ2) is 6.81. The van der Waals surface area contributed by atoms with Gasteiger partial charge in [0.05, 0.1) is 6.20 Å². The number of rotatable bonds is 5. The zero-order valence-corrected chi connectivity index (χ0v) is 13.3. The van der Waals surface area contributed by atoms with Gasteiger partial charge >= 0.3 is 0 Å². The van der Waals surface area contributed by atoms with Gasteiger partial charge in [0, 0.05) is 43.6 Å². The topological polar surface area (TPSA) is 50.2 Å². The summed E-state index contributed by atoms with van der Waals surface area (Å²) in [7, 11) is 0. The first-order valence-electron chi connectivity index (χ1n) is 7.94. The monoisotopic (exact) mass is 316 g/mol. The summed E-state index contributed by atoms with van der Waals surface area (Å²) in [5.41, 5.74) is 2.40. The van der Waals surface area contributed by atoms with Crippen molar-refractivity contribution in [1.29, 1.82) is 0 Å². The van der Waals surface area contributed by atoms with E-state index >= 15 is 0 Å². The molecule has 2 heterocycles. The van der Waals surface area contributed by atoms with Crippen molar-refractivity contribution < 1.29 is 9.18 Å². The summed E-state index contributed by atoms with van der Waals surface area (Å²) in [4.78, 5) is 14.2. The van der Waals surface area contributed by atoms with E-state index in [0.29, 0.717) is 18.7 Å². The van der Waals surface area contributed by atoms with Crippen molar-refractivity contribution in [2.24, 2.45) is 0 Å². The van der Waals surface area contributed by atoms with Gasteiger partial charge in [-0.15, -0.1) is 0 Å². The number of halogens is 1. The zero-order chi connectivity index (χ0) is 16.2. The number of aromatic nitrogens is 2. The van der Waals surface area contributed by atoms with Gasteiger partial charge in [-0.05, 0) is 43.5 Å². The molecule has 5 nitrogen and oxygen atoms in total. The Morgan fingerprint density at radius 1 is 1.30 bits per heavy atom. The molecule has 6 heteroatoms. The maximum atomic E-state index is 13.8. The van der Waals surface area contributed by atoms with E-state index in [1.54, 1.807) is 10.9 Å². The first-order chi connectivity index (χ1) is 11.1. The van der Waals surface area contributed by atoms with Crippen molar-refractivity contribution in [3.05, 3.63) is 42.0 Å². The molecule has 1 fully saturated rings. The number of hydrogen-bond acceptors (Lipinski definition) is 3. The van der Waals surface area contributed by atoms with Gasteiger partial charge in [-0.1, -0.05) is 0 Å². The van der Waals surface area contributed by atoms with Crippen LogP contribution in [0.25, 0.3) is 0 Å². The lowest BCUT2D eigenvalue weighted by Crippen LogP contribution is -2.19. The Balaban J connectivity index is 1.61. The van der Waals surface area contributed by atoms with Crippen LogP contribution in [-0.4, -0.2) is 28.8 Å². The van der Waals surface area contributed by atoms with Crippen LogP contribution >= 0.6 is 0 Å². The lowest BCUT2D eigenvalue weighted by atomic mass is 10.2. The van der Waals surface area contributed by atoms with Crippen LogP contribution in [0.3, 0.4) is 0 Å². The quantitative estimate of drug-likeness (QED) is 0.922. The molecule has 1 aliphatic rings. The highest BCUT2D eigenvalue weighted by atomic mass is 19.1. The number of nitrogens with one attached hydrogen (secondary N) is 1. The van der Waals surface area contributed by atoms with Crippen molar-refractivity contribution in [2.45, 2.75) is 32.7 Å². The Morgan fingerprint density at radius 3 is 2.78 bits per heavy atom. The van der Waals surface area contributed by atoms with E-state index in [1.165, 1.54) is 12.1 Å². The van der Waals surface area contributed by atoms with Gasteiger partial charge in [0.25, 0.3) is 0 Å². The largest absolute Gasteiger partial charge is 0.371 e. The highest BCUT2D eigenvalue weighted by molar-refractivity contribution is 5.91. The molecular weight excluding hydrogens is 295 g/mol. The summed E-state index contributed by atoms with van der Waals surface area (Å²) >= 11 is 0. The third-order valence-electron chi connectivity index (χ3n) is 3.97.